The monoisotopic (exact) mass is 218 g/mol. The van der Waals surface area contributed by atoms with Gasteiger partial charge >= 0.3 is 6.09 Å². The molecule has 0 aromatic heterocycles. The molecular weight excluding hydrogens is 196 g/mol. The van der Waals surface area contributed by atoms with Gasteiger partial charge in [-0.05, 0) is 27.2 Å². The minimum absolute atomic E-state index is 0.0996. The number of hydrogen-bond donors (Lipinski definition) is 2. The van der Waals surface area contributed by atoms with E-state index in [1.807, 2.05) is 20.8 Å². The van der Waals surface area contributed by atoms with Crippen molar-refractivity contribution in [3.8, 4) is 0 Å². The minimum atomic E-state index is -0.472. The van der Waals surface area contributed by atoms with Gasteiger partial charge in [-0.2, -0.15) is 0 Å². The Morgan fingerprint density at radius 2 is 2.07 bits per heavy atom. The number of nitrogens with two attached hydrogens (primary N) is 1. The first-order chi connectivity index (χ1) is 6.85. The van der Waals surface area contributed by atoms with E-state index in [2.05, 4.69) is 5.32 Å². The molecule has 15 heavy (non-hydrogen) atoms. The summed E-state index contributed by atoms with van der Waals surface area (Å²) in [6.07, 6.45) is 0.280. The summed E-state index contributed by atoms with van der Waals surface area (Å²) in [5.41, 5.74) is 5.25. The smallest absolute Gasteiger partial charge is 0.407 e. The number of amides is 1. The molecule has 0 aliphatic heterocycles. The normalized spacial score (nSPS) is 13.4. The third-order valence-electron chi connectivity index (χ3n) is 1.60. The molecule has 0 aliphatic carbocycles. The van der Waals surface area contributed by atoms with Crippen LogP contribution in [0.15, 0.2) is 0 Å². The van der Waals surface area contributed by atoms with Crippen LogP contribution in [0.5, 0.6) is 0 Å². The van der Waals surface area contributed by atoms with Gasteiger partial charge in [-0.15, -0.1) is 0 Å². The second kappa shape index (κ2) is 6.63. The summed E-state index contributed by atoms with van der Waals surface area (Å²) in [6.45, 7) is 6.45. The molecule has 0 radical (unpaired) electrons. The first kappa shape index (κ1) is 14.2. The van der Waals surface area contributed by atoms with Crippen LogP contribution in [0.25, 0.3) is 0 Å². The van der Waals surface area contributed by atoms with Crippen LogP contribution in [-0.4, -0.2) is 38.0 Å². The van der Waals surface area contributed by atoms with Gasteiger partial charge in [0, 0.05) is 26.3 Å². The largest absolute Gasteiger partial charge is 0.444 e. The molecule has 3 N–H and O–H groups in total. The van der Waals surface area contributed by atoms with E-state index in [0.717, 1.165) is 0 Å². The molecule has 0 aromatic carbocycles. The highest BCUT2D eigenvalue weighted by atomic mass is 16.6. The standard InChI is InChI=1S/C10H22N2O3/c1-10(2,3)15-9(13)12-7-8(11)5-6-14-4/h8H,5-7,11H2,1-4H3,(H,12,13). The lowest BCUT2D eigenvalue weighted by Gasteiger charge is -2.20. The Morgan fingerprint density at radius 3 is 2.53 bits per heavy atom. The molecule has 0 aromatic rings. The fourth-order valence-electron chi connectivity index (χ4n) is 0.900. The number of ether oxygens (including phenoxy) is 2. The van der Waals surface area contributed by atoms with Crippen LogP contribution in [0.3, 0.4) is 0 Å². The van der Waals surface area contributed by atoms with Crippen molar-refractivity contribution in [2.24, 2.45) is 5.73 Å². The summed E-state index contributed by atoms with van der Waals surface area (Å²) in [5, 5.41) is 2.61. The summed E-state index contributed by atoms with van der Waals surface area (Å²) in [5.74, 6) is 0. The summed E-state index contributed by atoms with van der Waals surface area (Å²) in [4.78, 5) is 11.2. The third kappa shape index (κ3) is 9.49. The van der Waals surface area contributed by atoms with Crippen molar-refractivity contribution in [1.82, 2.24) is 5.32 Å². The van der Waals surface area contributed by atoms with Gasteiger partial charge in [0.15, 0.2) is 0 Å². The maximum Gasteiger partial charge on any atom is 0.407 e. The fourth-order valence-corrected chi connectivity index (χ4v) is 0.900. The van der Waals surface area contributed by atoms with Gasteiger partial charge in [0.25, 0.3) is 0 Å². The summed E-state index contributed by atoms with van der Waals surface area (Å²) < 4.78 is 9.93. The van der Waals surface area contributed by atoms with Crippen molar-refractivity contribution < 1.29 is 14.3 Å². The van der Waals surface area contributed by atoms with E-state index in [0.29, 0.717) is 19.6 Å². The average molecular weight is 218 g/mol. The number of rotatable bonds is 5. The van der Waals surface area contributed by atoms with Gasteiger partial charge in [0.1, 0.15) is 5.60 Å². The van der Waals surface area contributed by atoms with Crippen LogP contribution in [0.1, 0.15) is 27.2 Å². The lowest BCUT2D eigenvalue weighted by atomic mass is 10.2. The first-order valence-electron chi connectivity index (χ1n) is 5.06. The fraction of sp³-hybridized carbons (Fsp3) is 0.900. The van der Waals surface area contributed by atoms with Crippen LogP contribution in [0.4, 0.5) is 4.79 Å². The zero-order valence-corrected chi connectivity index (χ0v) is 10.0. The van der Waals surface area contributed by atoms with Crippen LogP contribution in [0.2, 0.25) is 0 Å². The lowest BCUT2D eigenvalue weighted by molar-refractivity contribution is 0.0522. The maximum atomic E-state index is 11.2. The molecule has 0 rings (SSSR count). The molecule has 0 fully saturated rings. The Kier molecular flexibility index (Phi) is 6.27. The van der Waals surface area contributed by atoms with E-state index in [4.69, 9.17) is 15.2 Å². The second-order valence-electron chi connectivity index (χ2n) is 4.42. The van der Waals surface area contributed by atoms with Crippen molar-refractivity contribution in [2.45, 2.75) is 38.8 Å². The maximum absolute atomic E-state index is 11.2. The van der Waals surface area contributed by atoms with Gasteiger partial charge in [-0.1, -0.05) is 0 Å². The highest BCUT2D eigenvalue weighted by Gasteiger charge is 2.16. The zero-order chi connectivity index (χ0) is 11.9. The van der Waals surface area contributed by atoms with E-state index in [1.165, 1.54) is 0 Å². The quantitative estimate of drug-likeness (QED) is 0.718. The van der Waals surface area contributed by atoms with Crippen LogP contribution in [0, 0.1) is 0 Å². The summed E-state index contributed by atoms with van der Waals surface area (Å²) in [6, 6.07) is -0.0996. The number of nitrogens with one attached hydrogen (secondary N) is 1. The molecule has 5 nitrogen and oxygen atoms in total. The van der Waals surface area contributed by atoms with E-state index in [-0.39, 0.29) is 6.04 Å². The van der Waals surface area contributed by atoms with Gasteiger partial charge < -0.3 is 20.5 Å². The number of carbonyl (C=O) groups is 1. The zero-order valence-electron chi connectivity index (χ0n) is 10.0. The van der Waals surface area contributed by atoms with E-state index < -0.39 is 11.7 Å². The molecule has 0 aliphatic rings. The number of alkyl carbamates (subject to hydrolysis) is 1. The molecule has 0 spiro atoms. The highest BCUT2D eigenvalue weighted by Crippen LogP contribution is 2.06. The minimum Gasteiger partial charge on any atom is -0.444 e. The van der Waals surface area contributed by atoms with Crippen molar-refractivity contribution >= 4 is 6.09 Å². The van der Waals surface area contributed by atoms with Crippen LogP contribution >= 0.6 is 0 Å². The Hall–Kier alpha value is -0.810. The van der Waals surface area contributed by atoms with Gasteiger partial charge in [0.05, 0.1) is 0 Å². The van der Waals surface area contributed by atoms with E-state index in [1.54, 1.807) is 7.11 Å². The molecule has 5 heteroatoms. The Morgan fingerprint density at radius 1 is 1.47 bits per heavy atom. The summed E-state index contributed by atoms with van der Waals surface area (Å²) in [7, 11) is 1.62. The lowest BCUT2D eigenvalue weighted by Crippen LogP contribution is -2.40. The van der Waals surface area contributed by atoms with E-state index in [9.17, 15) is 4.79 Å². The van der Waals surface area contributed by atoms with Gasteiger partial charge in [-0.3, -0.25) is 0 Å². The average Bonchev–Trinajstić information content (AvgIpc) is 2.08. The number of methoxy groups -OCH3 is 1. The van der Waals surface area contributed by atoms with Crippen molar-refractivity contribution in [1.29, 1.82) is 0 Å². The predicted molar refractivity (Wildman–Crippen MR) is 58.7 cm³/mol. The molecule has 0 heterocycles. The summed E-state index contributed by atoms with van der Waals surface area (Å²) >= 11 is 0. The van der Waals surface area contributed by atoms with Gasteiger partial charge in [-0.25, -0.2) is 4.79 Å². The van der Waals surface area contributed by atoms with Crippen molar-refractivity contribution in [3.63, 3.8) is 0 Å². The van der Waals surface area contributed by atoms with Crippen molar-refractivity contribution in [2.75, 3.05) is 20.3 Å². The van der Waals surface area contributed by atoms with Crippen molar-refractivity contribution in [3.05, 3.63) is 0 Å². The first-order valence-corrected chi connectivity index (χ1v) is 5.06. The van der Waals surface area contributed by atoms with Crippen LogP contribution < -0.4 is 11.1 Å². The molecule has 0 bridgehead atoms. The molecule has 1 amide bonds. The van der Waals surface area contributed by atoms with Gasteiger partial charge in [0.2, 0.25) is 0 Å². The molecule has 0 saturated carbocycles. The SMILES string of the molecule is COCCC(N)CNC(=O)OC(C)(C)C. The van der Waals surface area contributed by atoms with Crippen LogP contribution in [-0.2, 0) is 9.47 Å². The topological polar surface area (TPSA) is 73.6 Å². The molecule has 0 saturated heterocycles. The van der Waals surface area contributed by atoms with E-state index >= 15 is 0 Å². The molecule has 90 valence electrons. The Balaban J connectivity index is 3.62. The molecule has 1 unspecified atom stereocenters. The Bertz CT molecular complexity index is 190. The highest BCUT2D eigenvalue weighted by molar-refractivity contribution is 5.67. The third-order valence-corrected chi connectivity index (χ3v) is 1.60. The second-order valence-corrected chi connectivity index (χ2v) is 4.42. The molecular formula is C10H22N2O3. The Labute approximate surface area is 91.3 Å². The number of hydrogen-bond acceptors (Lipinski definition) is 4. The molecule has 1 atom stereocenters. The number of carbonyl (C=O) groups excluding carboxylic acids is 1. The predicted octanol–water partition coefficient (Wildman–Crippen LogP) is 0.875.